The topological polar surface area (TPSA) is 32.9 Å². The smallest absolute Gasteiger partial charge is 0.249 e. The number of hydrogen-bond acceptors (Lipinski definition) is 1. The van der Waals surface area contributed by atoms with E-state index in [2.05, 4.69) is 49.2 Å². The third kappa shape index (κ3) is 2.17. The van der Waals surface area contributed by atoms with Gasteiger partial charge in [-0.05, 0) is 37.1 Å². The second-order valence-electron chi connectivity index (χ2n) is 4.96. The molecule has 19 heavy (non-hydrogen) atoms. The molecule has 0 fully saturated rings. The van der Waals surface area contributed by atoms with Gasteiger partial charge >= 0.3 is 0 Å². The van der Waals surface area contributed by atoms with Gasteiger partial charge in [-0.2, -0.15) is 0 Å². The van der Waals surface area contributed by atoms with Gasteiger partial charge in [0.1, 0.15) is 0 Å². The maximum atomic E-state index is 11.8. The highest BCUT2D eigenvalue weighted by Gasteiger charge is 2.06. The van der Waals surface area contributed by atoms with Crippen LogP contribution in [0, 0.1) is 13.8 Å². The molecule has 0 unspecified atom stereocenters. The molecule has 0 aliphatic rings. The van der Waals surface area contributed by atoms with Crippen LogP contribution in [0.15, 0.2) is 53.3 Å². The van der Waals surface area contributed by atoms with Gasteiger partial charge < -0.3 is 4.98 Å². The van der Waals surface area contributed by atoms with Gasteiger partial charge in [-0.25, -0.2) is 0 Å². The van der Waals surface area contributed by atoms with Crippen LogP contribution in [0.2, 0.25) is 0 Å². The van der Waals surface area contributed by atoms with E-state index in [4.69, 9.17) is 0 Å². The Morgan fingerprint density at radius 3 is 2.26 bits per heavy atom. The second kappa shape index (κ2) is 4.39. The van der Waals surface area contributed by atoms with Gasteiger partial charge in [-0.15, -0.1) is 0 Å². The fourth-order valence-electron chi connectivity index (χ4n) is 2.34. The Kier molecular flexibility index (Phi) is 2.71. The van der Waals surface area contributed by atoms with Crippen LogP contribution >= 0.6 is 0 Å². The van der Waals surface area contributed by atoms with Crippen LogP contribution in [0.3, 0.4) is 0 Å². The van der Waals surface area contributed by atoms with E-state index < -0.39 is 0 Å². The van der Waals surface area contributed by atoms with Crippen molar-refractivity contribution >= 4 is 10.9 Å². The molecule has 3 rings (SSSR count). The first kappa shape index (κ1) is 11.7. The molecule has 0 saturated heterocycles. The fraction of sp³-hybridized carbons (Fsp3) is 0.118. The van der Waals surface area contributed by atoms with Gasteiger partial charge in [0.25, 0.3) is 0 Å². The van der Waals surface area contributed by atoms with E-state index in [1.807, 2.05) is 12.1 Å². The summed E-state index contributed by atoms with van der Waals surface area (Å²) in [6, 6.07) is 16.0. The van der Waals surface area contributed by atoms with Gasteiger partial charge in [0, 0.05) is 17.0 Å². The Bertz CT molecular complexity index is 798. The first-order valence-electron chi connectivity index (χ1n) is 6.34. The van der Waals surface area contributed by atoms with E-state index in [1.54, 1.807) is 6.07 Å². The number of fused-ring (bicyclic) bond motifs is 1. The van der Waals surface area contributed by atoms with Gasteiger partial charge in [0.15, 0.2) is 0 Å². The summed E-state index contributed by atoms with van der Waals surface area (Å²) in [4.78, 5) is 14.7. The SMILES string of the molecule is Cc1ccc(-c2cc(=O)[nH]c3ccc(C)cc23)cc1. The van der Waals surface area contributed by atoms with Crippen LogP contribution in [-0.2, 0) is 0 Å². The number of aryl methyl sites for hydroxylation is 2. The summed E-state index contributed by atoms with van der Waals surface area (Å²) in [5, 5.41) is 1.09. The van der Waals surface area contributed by atoms with E-state index >= 15 is 0 Å². The van der Waals surface area contributed by atoms with Crippen molar-refractivity contribution < 1.29 is 0 Å². The maximum Gasteiger partial charge on any atom is 0.249 e. The third-order valence-corrected chi connectivity index (χ3v) is 3.36. The fourth-order valence-corrected chi connectivity index (χ4v) is 2.34. The molecule has 0 aliphatic carbocycles. The number of pyridine rings is 1. The molecular weight excluding hydrogens is 234 g/mol. The Morgan fingerprint density at radius 2 is 1.53 bits per heavy atom. The number of aromatic nitrogens is 1. The predicted octanol–water partition coefficient (Wildman–Crippen LogP) is 3.81. The van der Waals surface area contributed by atoms with E-state index in [9.17, 15) is 4.79 Å². The van der Waals surface area contributed by atoms with E-state index in [1.165, 1.54) is 11.1 Å². The lowest BCUT2D eigenvalue weighted by atomic mass is 9.99. The lowest BCUT2D eigenvalue weighted by molar-refractivity contribution is 1.30. The lowest BCUT2D eigenvalue weighted by Crippen LogP contribution is -2.04. The molecule has 0 atom stereocenters. The van der Waals surface area contributed by atoms with Crippen molar-refractivity contribution in [2.24, 2.45) is 0 Å². The molecule has 2 heteroatoms. The second-order valence-corrected chi connectivity index (χ2v) is 4.96. The van der Waals surface area contributed by atoms with Crippen molar-refractivity contribution in [3.63, 3.8) is 0 Å². The molecule has 0 amide bonds. The summed E-state index contributed by atoms with van der Waals surface area (Å²) in [6.07, 6.45) is 0. The van der Waals surface area contributed by atoms with Gasteiger partial charge in [-0.3, -0.25) is 4.79 Å². The minimum absolute atomic E-state index is 0.0630. The normalized spacial score (nSPS) is 10.8. The van der Waals surface area contributed by atoms with Crippen LogP contribution in [0.4, 0.5) is 0 Å². The molecule has 2 aromatic carbocycles. The summed E-state index contributed by atoms with van der Waals surface area (Å²) in [5.74, 6) is 0. The molecule has 1 N–H and O–H groups in total. The number of aromatic amines is 1. The molecule has 0 saturated carbocycles. The number of hydrogen-bond donors (Lipinski definition) is 1. The minimum Gasteiger partial charge on any atom is -0.322 e. The average Bonchev–Trinajstić information content (AvgIpc) is 2.39. The number of H-pyrrole nitrogens is 1. The number of nitrogens with one attached hydrogen (secondary N) is 1. The van der Waals surface area contributed by atoms with Crippen LogP contribution in [0.25, 0.3) is 22.0 Å². The Morgan fingerprint density at radius 1 is 0.842 bits per heavy atom. The Hall–Kier alpha value is -2.35. The predicted molar refractivity (Wildman–Crippen MR) is 79.5 cm³/mol. The van der Waals surface area contributed by atoms with Gasteiger partial charge in [-0.1, -0.05) is 41.5 Å². The average molecular weight is 249 g/mol. The van der Waals surface area contributed by atoms with Crippen molar-refractivity contribution in [1.82, 2.24) is 4.98 Å². The molecular formula is C17H15NO. The molecule has 2 nitrogen and oxygen atoms in total. The Balaban J connectivity index is 2.35. The number of benzene rings is 2. The Labute approximate surface area is 111 Å². The van der Waals surface area contributed by atoms with Crippen LogP contribution < -0.4 is 5.56 Å². The summed E-state index contributed by atoms with van der Waals surface area (Å²) >= 11 is 0. The van der Waals surface area contributed by atoms with Crippen LogP contribution in [0.5, 0.6) is 0 Å². The zero-order valence-corrected chi connectivity index (χ0v) is 11.0. The summed E-state index contributed by atoms with van der Waals surface area (Å²) in [5.41, 5.74) is 5.29. The molecule has 94 valence electrons. The highest BCUT2D eigenvalue weighted by atomic mass is 16.1. The molecule has 1 aromatic heterocycles. The largest absolute Gasteiger partial charge is 0.322 e. The summed E-state index contributed by atoms with van der Waals surface area (Å²) in [7, 11) is 0. The minimum atomic E-state index is -0.0630. The standard InChI is InChI=1S/C17H15NO/c1-11-3-6-13(7-4-11)14-10-17(19)18-16-8-5-12(2)9-15(14)16/h3-10H,1-2H3,(H,18,19). The van der Waals surface area contributed by atoms with E-state index in [-0.39, 0.29) is 5.56 Å². The number of rotatable bonds is 1. The summed E-state index contributed by atoms with van der Waals surface area (Å²) in [6.45, 7) is 4.12. The van der Waals surface area contributed by atoms with Crippen molar-refractivity contribution in [2.75, 3.05) is 0 Å². The van der Waals surface area contributed by atoms with Gasteiger partial charge in [0.2, 0.25) is 5.56 Å². The molecule has 1 heterocycles. The molecule has 0 bridgehead atoms. The molecule has 0 spiro atoms. The highest BCUT2D eigenvalue weighted by molar-refractivity contribution is 5.94. The lowest BCUT2D eigenvalue weighted by Gasteiger charge is -2.07. The first-order valence-corrected chi connectivity index (χ1v) is 6.34. The van der Waals surface area contributed by atoms with Crippen molar-refractivity contribution in [1.29, 1.82) is 0 Å². The zero-order valence-electron chi connectivity index (χ0n) is 11.0. The van der Waals surface area contributed by atoms with E-state index in [0.29, 0.717) is 0 Å². The van der Waals surface area contributed by atoms with Crippen molar-refractivity contribution in [3.05, 3.63) is 70.0 Å². The van der Waals surface area contributed by atoms with Crippen molar-refractivity contribution in [2.45, 2.75) is 13.8 Å². The quantitative estimate of drug-likeness (QED) is 0.699. The third-order valence-electron chi connectivity index (χ3n) is 3.36. The molecule has 0 radical (unpaired) electrons. The van der Waals surface area contributed by atoms with Crippen LogP contribution in [0.1, 0.15) is 11.1 Å². The van der Waals surface area contributed by atoms with E-state index in [0.717, 1.165) is 22.0 Å². The molecule has 0 aliphatic heterocycles. The highest BCUT2D eigenvalue weighted by Crippen LogP contribution is 2.27. The first-order chi connectivity index (χ1) is 9.13. The monoisotopic (exact) mass is 249 g/mol. The maximum absolute atomic E-state index is 11.8. The van der Waals surface area contributed by atoms with Crippen molar-refractivity contribution in [3.8, 4) is 11.1 Å². The van der Waals surface area contributed by atoms with Crippen LogP contribution in [-0.4, -0.2) is 4.98 Å². The zero-order chi connectivity index (χ0) is 13.4. The van der Waals surface area contributed by atoms with Gasteiger partial charge in [0.05, 0.1) is 0 Å². The summed E-state index contributed by atoms with van der Waals surface area (Å²) < 4.78 is 0. The molecule has 3 aromatic rings.